The first-order chi connectivity index (χ1) is 12.6. The Morgan fingerprint density at radius 2 is 2.04 bits per heavy atom. The molecule has 0 aliphatic rings. The number of para-hydroxylation sites is 1. The molecule has 0 unspecified atom stereocenters. The van der Waals surface area contributed by atoms with E-state index in [0.717, 1.165) is 5.56 Å². The number of aromatic nitrogens is 3. The third-order valence-corrected chi connectivity index (χ3v) is 3.50. The molecule has 3 aromatic rings. The Labute approximate surface area is 153 Å². The summed E-state index contributed by atoms with van der Waals surface area (Å²) in [5, 5.41) is 14.1. The number of ether oxygens (including phenoxy) is 1. The molecular formula is C17H13ClFN5O2. The molecular weight excluding hydrogens is 361 g/mol. The Kier molecular flexibility index (Phi) is 5.55. The van der Waals surface area contributed by atoms with Crippen LogP contribution < -0.4 is 10.1 Å². The van der Waals surface area contributed by atoms with Gasteiger partial charge in [-0.15, -0.1) is 10.2 Å². The number of benzene rings is 2. The van der Waals surface area contributed by atoms with Crippen molar-refractivity contribution in [1.29, 1.82) is 0 Å². The van der Waals surface area contributed by atoms with Crippen molar-refractivity contribution in [2.75, 3.05) is 11.9 Å². The maximum absolute atomic E-state index is 13.5. The lowest BCUT2D eigenvalue weighted by Gasteiger charge is -2.09. The number of rotatable bonds is 6. The highest BCUT2D eigenvalue weighted by Gasteiger charge is 2.09. The van der Waals surface area contributed by atoms with Crippen molar-refractivity contribution in [2.45, 2.75) is 0 Å². The Hall–Kier alpha value is -3.26. The summed E-state index contributed by atoms with van der Waals surface area (Å²) in [4.78, 5) is 11.9. The normalized spacial score (nSPS) is 10.8. The predicted molar refractivity (Wildman–Crippen MR) is 95.0 cm³/mol. The van der Waals surface area contributed by atoms with Crippen molar-refractivity contribution in [2.24, 2.45) is 5.10 Å². The van der Waals surface area contributed by atoms with Gasteiger partial charge >= 0.3 is 0 Å². The standard InChI is InChI=1S/C17H13ClFN5O2/c18-13-7-12(8-22-24-10-20-21-11-24)5-6-16(13)26-9-17(25)23-15-4-2-1-3-14(15)19/h1-8,10-11H,9H2,(H,23,25)/b22-8-. The zero-order valence-corrected chi connectivity index (χ0v) is 14.1. The van der Waals surface area contributed by atoms with E-state index in [1.54, 1.807) is 30.5 Å². The third kappa shape index (κ3) is 4.64. The molecule has 0 aliphatic heterocycles. The molecule has 1 heterocycles. The monoisotopic (exact) mass is 373 g/mol. The Morgan fingerprint density at radius 3 is 2.77 bits per heavy atom. The number of carbonyl (C=O) groups excluding carboxylic acids is 1. The molecule has 0 bridgehead atoms. The van der Waals surface area contributed by atoms with Crippen LogP contribution in [0.2, 0.25) is 5.02 Å². The minimum absolute atomic E-state index is 0.0905. The highest BCUT2D eigenvalue weighted by atomic mass is 35.5. The number of nitrogens with one attached hydrogen (secondary N) is 1. The molecule has 0 fully saturated rings. The van der Waals surface area contributed by atoms with E-state index in [4.69, 9.17) is 16.3 Å². The third-order valence-electron chi connectivity index (χ3n) is 3.21. The number of anilines is 1. The lowest BCUT2D eigenvalue weighted by Crippen LogP contribution is -2.20. The first-order valence-corrected chi connectivity index (χ1v) is 7.85. The van der Waals surface area contributed by atoms with Crippen molar-refractivity contribution in [1.82, 2.24) is 14.9 Å². The smallest absolute Gasteiger partial charge is 0.262 e. The van der Waals surface area contributed by atoms with Gasteiger partial charge in [0.2, 0.25) is 0 Å². The molecule has 0 spiro atoms. The molecule has 132 valence electrons. The van der Waals surface area contributed by atoms with Crippen molar-refractivity contribution in [3.8, 4) is 5.75 Å². The summed E-state index contributed by atoms with van der Waals surface area (Å²) in [6.45, 7) is -0.303. The molecule has 1 N–H and O–H groups in total. The average Bonchev–Trinajstić information content (AvgIpc) is 3.15. The van der Waals surface area contributed by atoms with Gasteiger partial charge in [-0.3, -0.25) is 4.79 Å². The molecule has 1 aromatic heterocycles. The maximum atomic E-state index is 13.5. The first kappa shape index (κ1) is 17.6. The van der Waals surface area contributed by atoms with Crippen molar-refractivity contribution < 1.29 is 13.9 Å². The van der Waals surface area contributed by atoms with E-state index in [2.05, 4.69) is 20.6 Å². The molecule has 7 nitrogen and oxygen atoms in total. The lowest BCUT2D eigenvalue weighted by atomic mass is 10.2. The first-order valence-electron chi connectivity index (χ1n) is 7.47. The number of hydrogen-bond acceptors (Lipinski definition) is 5. The topological polar surface area (TPSA) is 81.4 Å². The number of halogens is 2. The summed E-state index contributed by atoms with van der Waals surface area (Å²) in [5.41, 5.74) is 0.819. The summed E-state index contributed by atoms with van der Waals surface area (Å²) < 4.78 is 20.3. The summed E-state index contributed by atoms with van der Waals surface area (Å²) in [5.74, 6) is -0.683. The highest BCUT2D eigenvalue weighted by Crippen LogP contribution is 2.25. The maximum Gasteiger partial charge on any atom is 0.262 e. The van der Waals surface area contributed by atoms with Gasteiger partial charge in [-0.25, -0.2) is 9.07 Å². The van der Waals surface area contributed by atoms with Crippen LogP contribution >= 0.6 is 11.6 Å². The van der Waals surface area contributed by atoms with Crippen LogP contribution in [0.1, 0.15) is 5.56 Å². The Balaban J connectivity index is 1.58. The van der Waals surface area contributed by atoms with Gasteiger partial charge in [0.25, 0.3) is 5.91 Å². The van der Waals surface area contributed by atoms with Gasteiger partial charge in [-0.05, 0) is 35.9 Å². The molecule has 9 heteroatoms. The number of carbonyl (C=O) groups is 1. The summed E-state index contributed by atoms with van der Waals surface area (Å²) >= 11 is 6.15. The fourth-order valence-corrected chi connectivity index (χ4v) is 2.24. The molecule has 1 amide bonds. The van der Waals surface area contributed by atoms with Crippen LogP contribution in [0.4, 0.5) is 10.1 Å². The average molecular weight is 374 g/mol. The quantitative estimate of drug-likeness (QED) is 0.673. The van der Waals surface area contributed by atoms with E-state index < -0.39 is 11.7 Å². The second kappa shape index (κ2) is 8.21. The fraction of sp³-hybridized carbons (Fsp3) is 0.0588. The molecule has 0 saturated heterocycles. The lowest BCUT2D eigenvalue weighted by molar-refractivity contribution is -0.118. The van der Waals surface area contributed by atoms with Crippen LogP contribution in [-0.4, -0.2) is 33.6 Å². The summed E-state index contributed by atoms with van der Waals surface area (Å²) in [6.07, 6.45) is 4.47. The highest BCUT2D eigenvalue weighted by molar-refractivity contribution is 6.32. The van der Waals surface area contributed by atoms with Gasteiger partial charge in [-0.2, -0.15) is 5.10 Å². The van der Waals surface area contributed by atoms with Gasteiger partial charge in [0.1, 0.15) is 24.2 Å². The molecule has 2 aromatic carbocycles. The fourth-order valence-electron chi connectivity index (χ4n) is 1.99. The van der Waals surface area contributed by atoms with Crippen LogP contribution in [0.5, 0.6) is 5.75 Å². The molecule has 0 aliphatic carbocycles. The summed E-state index contributed by atoms with van der Waals surface area (Å²) in [7, 11) is 0. The SMILES string of the molecule is O=C(COc1ccc(/C=N\n2cnnc2)cc1Cl)Nc1ccccc1F. The minimum atomic E-state index is -0.518. The van der Waals surface area contributed by atoms with E-state index in [0.29, 0.717) is 10.8 Å². The van der Waals surface area contributed by atoms with Crippen LogP contribution in [0.25, 0.3) is 0 Å². The molecule has 3 rings (SSSR count). The molecule has 0 saturated carbocycles. The van der Waals surface area contributed by atoms with E-state index >= 15 is 0 Å². The molecule has 26 heavy (non-hydrogen) atoms. The van der Waals surface area contributed by atoms with E-state index in [1.807, 2.05) is 0 Å². The minimum Gasteiger partial charge on any atom is -0.482 e. The van der Waals surface area contributed by atoms with Gasteiger partial charge in [0.05, 0.1) is 16.9 Å². The zero-order valence-electron chi connectivity index (χ0n) is 13.3. The predicted octanol–water partition coefficient (Wildman–Crippen LogP) is 2.97. The largest absolute Gasteiger partial charge is 0.482 e. The number of amides is 1. The van der Waals surface area contributed by atoms with Crippen molar-refractivity contribution in [3.05, 3.63) is 71.5 Å². The van der Waals surface area contributed by atoms with Gasteiger partial charge < -0.3 is 10.1 Å². The van der Waals surface area contributed by atoms with Crippen LogP contribution in [0.3, 0.4) is 0 Å². The van der Waals surface area contributed by atoms with Crippen LogP contribution in [-0.2, 0) is 4.79 Å². The Morgan fingerprint density at radius 1 is 1.27 bits per heavy atom. The number of hydrogen-bond donors (Lipinski definition) is 1. The second-order valence-electron chi connectivity index (χ2n) is 5.09. The van der Waals surface area contributed by atoms with Gasteiger partial charge in [-0.1, -0.05) is 23.7 Å². The van der Waals surface area contributed by atoms with Crippen LogP contribution in [0.15, 0.2) is 60.2 Å². The number of nitrogens with zero attached hydrogens (tertiary/aromatic N) is 4. The molecule has 0 radical (unpaired) electrons. The van der Waals surface area contributed by atoms with Crippen molar-refractivity contribution in [3.63, 3.8) is 0 Å². The van der Waals surface area contributed by atoms with Gasteiger partial charge in [0, 0.05) is 0 Å². The van der Waals surface area contributed by atoms with E-state index in [-0.39, 0.29) is 12.3 Å². The van der Waals surface area contributed by atoms with Crippen LogP contribution in [0, 0.1) is 5.82 Å². The second-order valence-corrected chi connectivity index (χ2v) is 5.50. The van der Waals surface area contributed by atoms with Gasteiger partial charge in [0.15, 0.2) is 6.61 Å². The zero-order chi connectivity index (χ0) is 18.4. The van der Waals surface area contributed by atoms with E-state index in [9.17, 15) is 9.18 Å². The molecule has 0 atom stereocenters. The van der Waals surface area contributed by atoms with E-state index in [1.165, 1.54) is 35.5 Å². The Bertz CT molecular complexity index is 931. The van der Waals surface area contributed by atoms with Crippen molar-refractivity contribution >= 4 is 29.4 Å². The summed E-state index contributed by atoms with van der Waals surface area (Å²) in [6, 6.07) is 10.9.